The molecule has 0 N–H and O–H groups in total. The first-order valence-corrected chi connectivity index (χ1v) is 4.97. The van der Waals surface area contributed by atoms with E-state index >= 15 is 0 Å². The zero-order valence-corrected chi connectivity index (χ0v) is 9.16. The molecule has 0 saturated carbocycles. The van der Waals surface area contributed by atoms with Crippen molar-refractivity contribution in [3.63, 3.8) is 0 Å². The monoisotopic (exact) mass is 194 g/mol. The minimum atomic E-state index is -0.0629. The molecular weight excluding hydrogens is 176 g/mol. The fourth-order valence-electron chi connectivity index (χ4n) is 1.48. The summed E-state index contributed by atoms with van der Waals surface area (Å²) in [4.78, 5) is 17.3. The molecule has 1 atom stereocenters. The number of rotatable bonds is 4. The van der Waals surface area contributed by atoms with Gasteiger partial charge in [-0.25, -0.2) is 0 Å². The maximum Gasteiger partial charge on any atom is 0.222 e. The van der Waals surface area contributed by atoms with E-state index < -0.39 is 0 Å². The molecule has 0 aromatic carbocycles. The number of carbonyl (C=O) groups excluding carboxylic acids is 1. The maximum atomic E-state index is 11.3. The highest BCUT2D eigenvalue weighted by molar-refractivity contribution is 5.76. The molecule has 1 aliphatic rings. The van der Waals surface area contributed by atoms with E-state index in [1.807, 2.05) is 12.3 Å². The van der Waals surface area contributed by atoms with E-state index in [1.165, 1.54) is 0 Å². The summed E-state index contributed by atoms with van der Waals surface area (Å²) in [5.74, 6) is 0.194. The summed E-state index contributed by atoms with van der Waals surface area (Å²) in [5, 5.41) is 0. The van der Waals surface area contributed by atoms with Crippen molar-refractivity contribution < 1.29 is 4.79 Å². The van der Waals surface area contributed by atoms with Crippen molar-refractivity contribution in [1.82, 2.24) is 4.90 Å². The normalized spacial score (nSPS) is 24.2. The number of allylic oxidation sites excluding steroid dienone is 1. The summed E-state index contributed by atoms with van der Waals surface area (Å²) < 4.78 is 0. The van der Waals surface area contributed by atoms with Crippen LogP contribution in [0.15, 0.2) is 17.1 Å². The van der Waals surface area contributed by atoms with Crippen molar-refractivity contribution in [2.75, 3.05) is 14.1 Å². The summed E-state index contributed by atoms with van der Waals surface area (Å²) >= 11 is 0. The lowest BCUT2D eigenvalue weighted by Crippen LogP contribution is -2.23. The van der Waals surface area contributed by atoms with Crippen molar-refractivity contribution in [2.24, 2.45) is 4.99 Å². The van der Waals surface area contributed by atoms with Gasteiger partial charge in [0.25, 0.3) is 0 Å². The molecule has 0 saturated heterocycles. The average Bonchev–Trinajstić information content (AvgIpc) is 2.52. The highest BCUT2D eigenvalue weighted by Gasteiger charge is 2.20. The molecule has 0 fully saturated rings. The molecule has 1 unspecified atom stereocenters. The van der Waals surface area contributed by atoms with E-state index in [9.17, 15) is 4.79 Å². The Balaban J connectivity index is 2.25. The summed E-state index contributed by atoms with van der Waals surface area (Å²) in [6.45, 7) is 2.09. The second kappa shape index (κ2) is 4.40. The topological polar surface area (TPSA) is 32.7 Å². The fourth-order valence-corrected chi connectivity index (χ4v) is 1.48. The predicted molar refractivity (Wildman–Crippen MR) is 58.6 cm³/mol. The smallest absolute Gasteiger partial charge is 0.222 e. The van der Waals surface area contributed by atoms with E-state index in [-0.39, 0.29) is 11.4 Å². The third-order valence-electron chi connectivity index (χ3n) is 2.48. The first-order valence-electron chi connectivity index (χ1n) is 4.97. The molecule has 1 rings (SSSR count). The summed E-state index contributed by atoms with van der Waals surface area (Å²) in [6, 6.07) is 0. The average molecular weight is 194 g/mol. The van der Waals surface area contributed by atoms with Gasteiger partial charge in [0.05, 0.1) is 5.54 Å². The Morgan fingerprint density at radius 1 is 1.50 bits per heavy atom. The van der Waals surface area contributed by atoms with Crippen molar-refractivity contribution in [3.8, 4) is 0 Å². The maximum absolute atomic E-state index is 11.3. The van der Waals surface area contributed by atoms with Gasteiger partial charge in [-0.2, -0.15) is 0 Å². The number of hydrogen-bond acceptors (Lipinski definition) is 2. The van der Waals surface area contributed by atoms with Crippen LogP contribution in [-0.2, 0) is 4.79 Å². The molecule has 1 aliphatic heterocycles. The zero-order chi connectivity index (χ0) is 10.6. The van der Waals surface area contributed by atoms with Crippen molar-refractivity contribution in [2.45, 2.75) is 31.7 Å². The second-order valence-corrected chi connectivity index (χ2v) is 4.14. The van der Waals surface area contributed by atoms with Gasteiger partial charge in [0, 0.05) is 26.7 Å². The van der Waals surface area contributed by atoms with Crippen LogP contribution in [0.3, 0.4) is 0 Å². The molecule has 1 heterocycles. The van der Waals surface area contributed by atoms with E-state index in [4.69, 9.17) is 0 Å². The van der Waals surface area contributed by atoms with E-state index in [0.29, 0.717) is 6.42 Å². The Hall–Kier alpha value is -1.12. The van der Waals surface area contributed by atoms with Crippen LogP contribution in [0.5, 0.6) is 0 Å². The van der Waals surface area contributed by atoms with Gasteiger partial charge in [0.2, 0.25) is 5.91 Å². The van der Waals surface area contributed by atoms with Crippen molar-refractivity contribution in [3.05, 3.63) is 12.2 Å². The van der Waals surface area contributed by atoms with Gasteiger partial charge in [-0.1, -0.05) is 6.08 Å². The predicted octanol–water partition coefficient (Wildman–Crippen LogP) is 1.64. The van der Waals surface area contributed by atoms with Gasteiger partial charge in [0.15, 0.2) is 0 Å². The minimum Gasteiger partial charge on any atom is -0.349 e. The van der Waals surface area contributed by atoms with E-state index in [0.717, 1.165) is 12.8 Å². The lowest BCUT2D eigenvalue weighted by molar-refractivity contribution is -0.128. The number of amides is 1. The highest BCUT2D eigenvalue weighted by atomic mass is 16.2. The van der Waals surface area contributed by atoms with E-state index in [1.54, 1.807) is 19.0 Å². The first-order chi connectivity index (χ1) is 6.53. The lowest BCUT2D eigenvalue weighted by atomic mass is 9.96. The number of nitrogens with zero attached hydrogens (tertiary/aromatic N) is 2. The summed E-state index contributed by atoms with van der Waals surface area (Å²) in [7, 11) is 3.58. The molecule has 1 amide bonds. The highest BCUT2D eigenvalue weighted by Crippen LogP contribution is 2.23. The molecule has 3 nitrogen and oxygen atoms in total. The van der Waals surface area contributed by atoms with Gasteiger partial charge in [-0.15, -0.1) is 0 Å². The van der Waals surface area contributed by atoms with Crippen LogP contribution in [0.25, 0.3) is 0 Å². The SMILES string of the molecule is CN(C)C(=O)CCCC1(C)C=CC=N1. The van der Waals surface area contributed by atoms with Gasteiger partial charge < -0.3 is 4.90 Å². The molecule has 14 heavy (non-hydrogen) atoms. The zero-order valence-electron chi connectivity index (χ0n) is 9.16. The van der Waals surface area contributed by atoms with Crippen LogP contribution in [0.4, 0.5) is 0 Å². The second-order valence-electron chi connectivity index (χ2n) is 4.14. The Bertz CT molecular complexity index is 254. The third-order valence-corrected chi connectivity index (χ3v) is 2.48. The van der Waals surface area contributed by atoms with Crippen LogP contribution < -0.4 is 0 Å². The molecule has 3 heteroatoms. The Morgan fingerprint density at radius 2 is 2.21 bits per heavy atom. The quantitative estimate of drug-likeness (QED) is 0.669. The summed E-state index contributed by atoms with van der Waals surface area (Å²) in [5.41, 5.74) is -0.0629. The summed E-state index contributed by atoms with van der Waals surface area (Å²) in [6.07, 6.45) is 8.34. The number of hydrogen-bond donors (Lipinski definition) is 0. The van der Waals surface area contributed by atoms with E-state index in [2.05, 4.69) is 18.0 Å². The lowest BCUT2D eigenvalue weighted by Gasteiger charge is -2.18. The molecule has 0 aromatic heterocycles. The van der Waals surface area contributed by atoms with Crippen LogP contribution in [0.2, 0.25) is 0 Å². The Kier molecular flexibility index (Phi) is 3.44. The third kappa shape index (κ3) is 2.98. The molecule has 0 aromatic rings. The Labute approximate surface area is 85.5 Å². The minimum absolute atomic E-state index is 0.0629. The largest absolute Gasteiger partial charge is 0.349 e. The molecule has 0 radical (unpaired) electrons. The first kappa shape index (κ1) is 11.0. The molecule has 0 aliphatic carbocycles. The molecular formula is C11H18N2O. The molecule has 78 valence electrons. The molecule has 0 spiro atoms. The van der Waals surface area contributed by atoms with Crippen LogP contribution in [0, 0.1) is 0 Å². The van der Waals surface area contributed by atoms with Crippen LogP contribution in [-0.4, -0.2) is 36.7 Å². The fraction of sp³-hybridized carbons (Fsp3) is 0.636. The van der Waals surface area contributed by atoms with Gasteiger partial charge in [-0.05, 0) is 25.8 Å². The van der Waals surface area contributed by atoms with Crippen LogP contribution in [0.1, 0.15) is 26.2 Å². The van der Waals surface area contributed by atoms with Gasteiger partial charge >= 0.3 is 0 Å². The number of carbonyl (C=O) groups is 1. The Morgan fingerprint density at radius 3 is 2.71 bits per heavy atom. The van der Waals surface area contributed by atoms with Crippen LogP contribution >= 0.6 is 0 Å². The number of aliphatic imine (C=N–C) groups is 1. The van der Waals surface area contributed by atoms with Gasteiger partial charge in [0.1, 0.15) is 0 Å². The standard InChI is InChI=1S/C11H18N2O/c1-11(8-5-9-12-11)7-4-6-10(14)13(2)3/h5,8-9H,4,6-7H2,1-3H3. The molecule has 0 bridgehead atoms. The van der Waals surface area contributed by atoms with Gasteiger partial charge in [-0.3, -0.25) is 9.79 Å². The van der Waals surface area contributed by atoms with Crippen molar-refractivity contribution in [1.29, 1.82) is 0 Å². The van der Waals surface area contributed by atoms with Crippen molar-refractivity contribution >= 4 is 12.1 Å².